The number of β-amino-alcohol motifs (C(OH)–C–C–N with tert-alkyl or cyclic N) is 1. The van der Waals surface area contributed by atoms with Crippen molar-refractivity contribution in [2.24, 2.45) is 0 Å². The van der Waals surface area contributed by atoms with E-state index >= 15 is 0 Å². The van der Waals surface area contributed by atoms with Crippen molar-refractivity contribution < 1.29 is 10.2 Å². The topological polar surface area (TPSA) is 46.9 Å². The molecule has 0 amide bonds. The molecule has 0 radical (unpaired) electrons. The fraction of sp³-hybridized carbons (Fsp3) is 0.538. The van der Waals surface area contributed by atoms with Gasteiger partial charge >= 0.3 is 0 Å². The molecule has 4 heteroatoms. The number of aromatic hydroxyl groups is 1. The lowest BCUT2D eigenvalue weighted by molar-refractivity contribution is 0.108. The number of para-hydroxylation sites is 1. The van der Waals surface area contributed by atoms with Crippen LogP contribution in [0.3, 0.4) is 0 Å². The molecular formula is C13H20N2O2. The zero-order valence-corrected chi connectivity index (χ0v) is 10.0. The summed E-state index contributed by atoms with van der Waals surface area (Å²) < 4.78 is 0. The summed E-state index contributed by atoms with van der Waals surface area (Å²) in [5.74, 6) is 0.380. The summed E-state index contributed by atoms with van der Waals surface area (Å²) in [6.45, 7) is 5.79. The molecular weight excluding hydrogens is 216 g/mol. The number of nitrogens with zero attached hydrogens (tertiary/aromatic N) is 2. The van der Waals surface area contributed by atoms with Crippen LogP contribution in [0.15, 0.2) is 24.3 Å². The molecule has 0 saturated carbocycles. The van der Waals surface area contributed by atoms with Gasteiger partial charge in [-0.15, -0.1) is 0 Å². The largest absolute Gasteiger partial charge is 0.508 e. The second kappa shape index (κ2) is 6.00. The van der Waals surface area contributed by atoms with Gasteiger partial charge in [0.2, 0.25) is 0 Å². The third kappa shape index (κ3) is 3.43. The number of aliphatic hydroxyl groups is 1. The Balaban J connectivity index is 1.84. The van der Waals surface area contributed by atoms with Crippen LogP contribution in [0, 0.1) is 0 Å². The molecule has 94 valence electrons. The average Bonchev–Trinajstić information content (AvgIpc) is 2.35. The maximum absolute atomic E-state index is 9.71. The van der Waals surface area contributed by atoms with Gasteiger partial charge in [-0.25, -0.2) is 0 Å². The van der Waals surface area contributed by atoms with Gasteiger partial charge in [0.1, 0.15) is 5.75 Å². The Hall–Kier alpha value is -1.10. The zero-order chi connectivity index (χ0) is 12.1. The minimum Gasteiger partial charge on any atom is -0.508 e. The number of aliphatic hydroxyl groups excluding tert-OH is 1. The molecule has 1 saturated heterocycles. The molecule has 1 aliphatic heterocycles. The maximum atomic E-state index is 9.71. The average molecular weight is 236 g/mol. The van der Waals surface area contributed by atoms with Crippen molar-refractivity contribution >= 4 is 0 Å². The highest BCUT2D eigenvalue weighted by Gasteiger charge is 2.16. The van der Waals surface area contributed by atoms with Gasteiger partial charge in [0.05, 0.1) is 6.61 Å². The molecule has 1 aromatic carbocycles. The Bertz CT molecular complexity index is 349. The predicted octanol–water partition coefficient (Wildman–Crippen LogP) is 0.502. The number of hydrogen-bond donors (Lipinski definition) is 2. The molecule has 0 aliphatic carbocycles. The minimum absolute atomic E-state index is 0.236. The first-order valence-electron chi connectivity index (χ1n) is 6.12. The highest BCUT2D eigenvalue weighted by atomic mass is 16.3. The van der Waals surface area contributed by atoms with Gasteiger partial charge in [-0.3, -0.25) is 9.80 Å². The predicted molar refractivity (Wildman–Crippen MR) is 66.9 cm³/mol. The van der Waals surface area contributed by atoms with Crippen LogP contribution in [0.2, 0.25) is 0 Å². The van der Waals surface area contributed by atoms with E-state index in [0.717, 1.165) is 44.8 Å². The SMILES string of the molecule is OCCN1CCN(Cc2ccccc2O)CC1. The molecule has 0 bridgehead atoms. The first kappa shape index (κ1) is 12.4. The summed E-state index contributed by atoms with van der Waals surface area (Å²) in [5.41, 5.74) is 0.989. The lowest BCUT2D eigenvalue weighted by Gasteiger charge is -2.34. The molecule has 0 aromatic heterocycles. The summed E-state index contributed by atoms with van der Waals surface area (Å²) in [5, 5.41) is 18.6. The van der Waals surface area contributed by atoms with Crippen molar-refractivity contribution in [2.75, 3.05) is 39.3 Å². The first-order chi connectivity index (χ1) is 8.29. The number of piperazine rings is 1. The van der Waals surface area contributed by atoms with E-state index in [0.29, 0.717) is 5.75 Å². The van der Waals surface area contributed by atoms with Crippen molar-refractivity contribution in [2.45, 2.75) is 6.54 Å². The smallest absolute Gasteiger partial charge is 0.120 e. The van der Waals surface area contributed by atoms with E-state index < -0.39 is 0 Å². The van der Waals surface area contributed by atoms with E-state index in [1.54, 1.807) is 6.07 Å². The summed E-state index contributed by atoms with van der Waals surface area (Å²) in [6.07, 6.45) is 0. The Labute approximate surface area is 102 Å². The van der Waals surface area contributed by atoms with Crippen LogP contribution < -0.4 is 0 Å². The van der Waals surface area contributed by atoms with Crippen molar-refractivity contribution in [3.63, 3.8) is 0 Å². The summed E-state index contributed by atoms with van der Waals surface area (Å²) in [6, 6.07) is 7.50. The van der Waals surface area contributed by atoms with Crippen LogP contribution in [0.4, 0.5) is 0 Å². The molecule has 0 atom stereocenters. The fourth-order valence-corrected chi connectivity index (χ4v) is 2.20. The summed E-state index contributed by atoms with van der Waals surface area (Å²) in [4.78, 5) is 4.60. The third-order valence-corrected chi connectivity index (χ3v) is 3.27. The number of benzene rings is 1. The standard InChI is InChI=1S/C13H20N2O2/c16-10-9-14-5-7-15(8-6-14)11-12-3-1-2-4-13(12)17/h1-4,16-17H,5-11H2. The number of hydrogen-bond acceptors (Lipinski definition) is 4. The van der Waals surface area contributed by atoms with E-state index in [1.807, 2.05) is 18.2 Å². The van der Waals surface area contributed by atoms with Gasteiger partial charge in [0, 0.05) is 44.8 Å². The Morgan fingerprint density at radius 2 is 1.65 bits per heavy atom. The molecule has 1 heterocycles. The highest BCUT2D eigenvalue weighted by molar-refractivity contribution is 5.31. The Kier molecular flexibility index (Phi) is 4.36. The van der Waals surface area contributed by atoms with Crippen LogP contribution in [0.5, 0.6) is 5.75 Å². The number of phenolic OH excluding ortho intramolecular Hbond substituents is 1. The van der Waals surface area contributed by atoms with Gasteiger partial charge in [-0.1, -0.05) is 18.2 Å². The lowest BCUT2D eigenvalue weighted by Crippen LogP contribution is -2.46. The molecule has 1 fully saturated rings. The van der Waals surface area contributed by atoms with E-state index in [9.17, 15) is 5.11 Å². The number of phenols is 1. The maximum Gasteiger partial charge on any atom is 0.120 e. The Morgan fingerprint density at radius 1 is 1.00 bits per heavy atom. The molecule has 2 rings (SSSR count). The Morgan fingerprint density at radius 3 is 2.29 bits per heavy atom. The second-order valence-corrected chi connectivity index (χ2v) is 4.47. The summed E-state index contributed by atoms with van der Waals surface area (Å²) in [7, 11) is 0. The van der Waals surface area contributed by atoms with Crippen molar-refractivity contribution in [3.8, 4) is 5.75 Å². The number of rotatable bonds is 4. The molecule has 4 nitrogen and oxygen atoms in total. The molecule has 0 unspecified atom stereocenters. The van der Waals surface area contributed by atoms with Gasteiger partial charge in [-0.05, 0) is 6.07 Å². The fourth-order valence-electron chi connectivity index (χ4n) is 2.20. The van der Waals surface area contributed by atoms with Crippen molar-refractivity contribution in [1.29, 1.82) is 0 Å². The molecule has 1 aliphatic rings. The van der Waals surface area contributed by atoms with Gasteiger partial charge in [0.25, 0.3) is 0 Å². The second-order valence-electron chi connectivity index (χ2n) is 4.47. The highest BCUT2D eigenvalue weighted by Crippen LogP contribution is 2.18. The monoisotopic (exact) mass is 236 g/mol. The van der Waals surface area contributed by atoms with E-state index in [1.165, 1.54) is 0 Å². The minimum atomic E-state index is 0.236. The van der Waals surface area contributed by atoms with E-state index in [-0.39, 0.29) is 6.61 Å². The van der Waals surface area contributed by atoms with Crippen LogP contribution >= 0.6 is 0 Å². The summed E-state index contributed by atoms with van der Waals surface area (Å²) >= 11 is 0. The third-order valence-electron chi connectivity index (χ3n) is 3.27. The van der Waals surface area contributed by atoms with Gasteiger partial charge in [-0.2, -0.15) is 0 Å². The van der Waals surface area contributed by atoms with Gasteiger partial charge < -0.3 is 10.2 Å². The van der Waals surface area contributed by atoms with Gasteiger partial charge in [0.15, 0.2) is 0 Å². The van der Waals surface area contributed by atoms with Crippen molar-refractivity contribution in [1.82, 2.24) is 9.80 Å². The molecule has 2 N–H and O–H groups in total. The van der Waals surface area contributed by atoms with Crippen LogP contribution in [-0.4, -0.2) is 59.3 Å². The van der Waals surface area contributed by atoms with E-state index in [4.69, 9.17) is 5.11 Å². The normalized spacial score (nSPS) is 18.4. The van der Waals surface area contributed by atoms with Crippen LogP contribution in [-0.2, 0) is 6.54 Å². The van der Waals surface area contributed by atoms with Crippen molar-refractivity contribution in [3.05, 3.63) is 29.8 Å². The molecule has 0 spiro atoms. The first-order valence-corrected chi connectivity index (χ1v) is 6.12. The molecule has 1 aromatic rings. The quantitative estimate of drug-likeness (QED) is 0.799. The molecule has 17 heavy (non-hydrogen) atoms. The zero-order valence-electron chi connectivity index (χ0n) is 10.0. The van der Waals surface area contributed by atoms with Crippen LogP contribution in [0.1, 0.15) is 5.56 Å². The van der Waals surface area contributed by atoms with Crippen LogP contribution in [0.25, 0.3) is 0 Å². The lowest BCUT2D eigenvalue weighted by atomic mass is 10.1. The van der Waals surface area contributed by atoms with E-state index in [2.05, 4.69) is 9.80 Å².